The largest absolute Gasteiger partial charge is 0.338 e. The van der Waals surface area contributed by atoms with Crippen LogP contribution in [0.5, 0.6) is 0 Å². The standard InChI is InChI=1S/C11H12BrClFNO/c1-2-15(7-6-13)11(16)8-4-3-5-9(12)10(8)14/h3-5H,2,6-7H2,1H3. The van der Waals surface area contributed by atoms with E-state index < -0.39 is 5.82 Å². The number of rotatable bonds is 4. The average Bonchev–Trinajstić information content (AvgIpc) is 2.29. The fraction of sp³-hybridized carbons (Fsp3) is 0.364. The van der Waals surface area contributed by atoms with Crippen molar-refractivity contribution in [1.82, 2.24) is 4.90 Å². The van der Waals surface area contributed by atoms with Crippen LogP contribution in [-0.4, -0.2) is 29.8 Å². The van der Waals surface area contributed by atoms with E-state index in [0.717, 1.165) is 0 Å². The van der Waals surface area contributed by atoms with E-state index in [9.17, 15) is 9.18 Å². The van der Waals surface area contributed by atoms with Crippen molar-refractivity contribution in [3.8, 4) is 0 Å². The van der Waals surface area contributed by atoms with Crippen LogP contribution in [0.1, 0.15) is 17.3 Å². The molecule has 0 saturated carbocycles. The quantitative estimate of drug-likeness (QED) is 0.782. The number of amides is 1. The van der Waals surface area contributed by atoms with Gasteiger partial charge >= 0.3 is 0 Å². The van der Waals surface area contributed by atoms with Gasteiger partial charge < -0.3 is 4.90 Å². The normalized spacial score (nSPS) is 10.2. The van der Waals surface area contributed by atoms with Crippen molar-refractivity contribution < 1.29 is 9.18 Å². The molecule has 88 valence electrons. The van der Waals surface area contributed by atoms with E-state index in [0.29, 0.717) is 23.4 Å². The summed E-state index contributed by atoms with van der Waals surface area (Å²) in [4.78, 5) is 13.5. The van der Waals surface area contributed by atoms with Crippen LogP contribution in [0.25, 0.3) is 0 Å². The molecule has 0 aliphatic carbocycles. The number of hydrogen-bond acceptors (Lipinski definition) is 1. The molecule has 0 heterocycles. The van der Waals surface area contributed by atoms with Crippen LogP contribution in [0.4, 0.5) is 4.39 Å². The summed E-state index contributed by atoms with van der Waals surface area (Å²) in [5.74, 6) is -0.516. The molecule has 0 unspecified atom stereocenters. The SMILES string of the molecule is CCN(CCCl)C(=O)c1cccc(Br)c1F. The summed E-state index contributed by atoms with van der Waals surface area (Å²) < 4.78 is 14.0. The Morgan fingerprint density at radius 2 is 2.25 bits per heavy atom. The fourth-order valence-electron chi connectivity index (χ4n) is 1.34. The minimum absolute atomic E-state index is 0.0707. The van der Waals surface area contributed by atoms with Gasteiger partial charge in [-0.15, -0.1) is 11.6 Å². The van der Waals surface area contributed by atoms with Crippen molar-refractivity contribution in [2.24, 2.45) is 0 Å². The lowest BCUT2D eigenvalue weighted by molar-refractivity contribution is 0.0769. The van der Waals surface area contributed by atoms with Crippen molar-refractivity contribution in [1.29, 1.82) is 0 Å². The van der Waals surface area contributed by atoms with E-state index in [-0.39, 0.29) is 11.5 Å². The Morgan fingerprint density at radius 3 is 2.81 bits per heavy atom. The lowest BCUT2D eigenvalue weighted by Gasteiger charge is -2.20. The number of alkyl halides is 1. The maximum absolute atomic E-state index is 13.7. The molecule has 0 N–H and O–H groups in total. The van der Waals surface area contributed by atoms with Crippen molar-refractivity contribution in [3.63, 3.8) is 0 Å². The first-order valence-electron chi connectivity index (χ1n) is 4.91. The van der Waals surface area contributed by atoms with Gasteiger partial charge in [0.05, 0.1) is 10.0 Å². The van der Waals surface area contributed by atoms with Crippen LogP contribution in [0, 0.1) is 5.82 Å². The van der Waals surface area contributed by atoms with Gasteiger partial charge in [0, 0.05) is 19.0 Å². The molecule has 5 heteroatoms. The van der Waals surface area contributed by atoms with Gasteiger partial charge in [-0.25, -0.2) is 4.39 Å². The lowest BCUT2D eigenvalue weighted by Crippen LogP contribution is -2.33. The Kier molecular flexibility index (Phi) is 5.22. The zero-order valence-electron chi connectivity index (χ0n) is 8.84. The van der Waals surface area contributed by atoms with Gasteiger partial charge in [0.2, 0.25) is 0 Å². The van der Waals surface area contributed by atoms with Gasteiger partial charge in [0.15, 0.2) is 0 Å². The van der Waals surface area contributed by atoms with E-state index in [4.69, 9.17) is 11.6 Å². The number of nitrogens with zero attached hydrogens (tertiary/aromatic N) is 1. The predicted molar refractivity (Wildman–Crippen MR) is 66.4 cm³/mol. The summed E-state index contributed by atoms with van der Waals surface area (Å²) in [6.07, 6.45) is 0. The first-order valence-corrected chi connectivity index (χ1v) is 6.23. The van der Waals surface area contributed by atoms with Crippen molar-refractivity contribution >= 4 is 33.4 Å². The molecule has 1 rings (SSSR count). The van der Waals surface area contributed by atoms with Gasteiger partial charge in [-0.05, 0) is 35.0 Å². The second-order valence-electron chi connectivity index (χ2n) is 3.18. The number of hydrogen-bond donors (Lipinski definition) is 0. The molecule has 1 aromatic rings. The van der Waals surface area contributed by atoms with Crippen LogP contribution in [-0.2, 0) is 0 Å². The Bertz CT molecular complexity index is 386. The van der Waals surface area contributed by atoms with Gasteiger partial charge in [-0.1, -0.05) is 6.07 Å². The van der Waals surface area contributed by atoms with Gasteiger partial charge in [0.1, 0.15) is 5.82 Å². The zero-order valence-corrected chi connectivity index (χ0v) is 11.2. The summed E-state index contributed by atoms with van der Waals surface area (Å²) in [6.45, 7) is 2.76. The molecular weight excluding hydrogens is 296 g/mol. The fourth-order valence-corrected chi connectivity index (χ4v) is 1.91. The van der Waals surface area contributed by atoms with Gasteiger partial charge in [0.25, 0.3) is 5.91 Å². The highest BCUT2D eigenvalue weighted by molar-refractivity contribution is 9.10. The van der Waals surface area contributed by atoms with E-state index in [2.05, 4.69) is 15.9 Å². The zero-order chi connectivity index (χ0) is 12.1. The van der Waals surface area contributed by atoms with Gasteiger partial charge in [-0.2, -0.15) is 0 Å². The van der Waals surface area contributed by atoms with E-state index in [1.54, 1.807) is 12.1 Å². The van der Waals surface area contributed by atoms with Crippen molar-refractivity contribution in [2.75, 3.05) is 19.0 Å². The smallest absolute Gasteiger partial charge is 0.256 e. The molecule has 0 atom stereocenters. The molecular formula is C11H12BrClFNO. The second-order valence-corrected chi connectivity index (χ2v) is 4.41. The molecule has 0 radical (unpaired) electrons. The third-order valence-electron chi connectivity index (χ3n) is 2.21. The summed E-state index contributed by atoms with van der Waals surface area (Å²) in [5.41, 5.74) is 0.0707. The van der Waals surface area contributed by atoms with E-state index in [1.807, 2.05) is 6.92 Å². The first-order chi connectivity index (χ1) is 7.61. The molecule has 0 aliphatic heterocycles. The lowest BCUT2D eigenvalue weighted by atomic mass is 10.2. The van der Waals surface area contributed by atoms with Crippen molar-refractivity contribution in [2.45, 2.75) is 6.92 Å². The van der Waals surface area contributed by atoms with E-state index in [1.165, 1.54) is 11.0 Å². The maximum Gasteiger partial charge on any atom is 0.256 e. The van der Waals surface area contributed by atoms with E-state index >= 15 is 0 Å². The Balaban J connectivity index is 2.99. The summed E-state index contributed by atoms with van der Waals surface area (Å²) in [7, 11) is 0. The van der Waals surface area contributed by atoms with Crippen molar-refractivity contribution in [3.05, 3.63) is 34.1 Å². The summed E-state index contributed by atoms with van der Waals surface area (Å²) >= 11 is 8.63. The Labute approximate surface area is 108 Å². The van der Waals surface area contributed by atoms with Gasteiger partial charge in [-0.3, -0.25) is 4.79 Å². The molecule has 0 fully saturated rings. The monoisotopic (exact) mass is 307 g/mol. The predicted octanol–water partition coefficient (Wildman–Crippen LogP) is 3.29. The highest BCUT2D eigenvalue weighted by Gasteiger charge is 2.18. The molecule has 1 aromatic carbocycles. The maximum atomic E-state index is 13.7. The minimum Gasteiger partial charge on any atom is -0.338 e. The highest BCUT2D eigenvalue weighted by Crippen LogP contribution is 2.19. The number of halogens is 3. The highest BCUT2D eigenvalue weighted by atomic mass is 79.9. The molecule has 16 heavy (non-hydrogen) atoms. The number of carbonyl (C=O) groups is 1. The molecule has 1 amide bonds. The third-order valence-corrected chi connectivity index (χ3v) is 2.99. The van der Waals surface area contributed by atoms with Crippen LogP contribution in [0.15, 0.2) is 22.7 Å². The number of carbonyl (C=O) groups excluding carboxylic acids is 1. The first kappa shape index (κ1) is 13.5. The van der Waals surface area contributed by atoms with Crippen LogP contribution in [0.2, 0.25) is 0 Å². The molecule has 0 aromatic heterocycles. The van der Waals surface area contributed by atoms with Crippen LogP contribution < -0.4 is 0 Å². The van der Waals surface area contributed by atoms with Crippen LogP contribution >= 0.6 is 27.5 Å². The average molecular weight is 309 g/mol. The summed E-state index contributed by atoms with van der Waals surface area (Å²) in [5, 5.41) is 0. The minimum atomic E-state index is -0.527. The second kappa shape index (κ2) is 6.21. The molecule has 2 nitrogen and oxygen atoms in total. The molecule has 0 aliphatic rings. The summed E-state index contributed by atoms with van der Waals surface area (Å²) in [6, 6.07) is 4.66. The third kappa shape index (κ3) is 2.95. The number of benzene rings is 1. The van der Waals surface area contributed by atoms with Crippen LogP contribution in [0.3, 0.4) is 0 Å². The Hall–Kier alpha value is -0.610. The molecule has 0 spiro atoms. The Morgan fingerprint density at radius 1 is 1.56 bits per heavy atom. The topological polar surface area (TPSA) is 20.3 Å². The molecule has 0 saturated heterocycles. The molecule has 0 bridgehead atoms.